The predicted molar refractivity (Wildman–Crippen MR) is 58.6 cm³/mol. The first kappa shape index (κ1) is 11.0. The summed E-state index contributed by atoms with van der Waals surface area (Å²) in [5.74, 6) is 0.519. The van der Waals surface area contributed by atoms with Gasteiger partial charge in [-0.1, -0.05) is 0 Å². The van der Waals surface area contributed by atoms with Crippen molar-refractivity contribution >= 4 is 11.7 Å². The third-order valence-corrected chi connectivity index (χ3v) is 3.06. The quantitative estimate of drug-likeness (QED) is 0.582. The van der Waals surface area contributed by atoms with E-state index in [4.69, 9.17) is 0 Å². The second-order valence-electron chi connectivity index (χ2n) is 4.06. The van der Waals surface area contributed by atoms with Gasteiger partial charge < -0.3 is 15.2 Å². The number of aromatic hydroxyl groups is 1. The van der Waals surface area contributed by atoms with Crippen LogP contribution in [0.25, 0.3) is 0 Å². The summed E-state index contributed by atoms with van der Waals surface area (Å²) in [6.45, 7) is 0.940. The maximum atomic E-state index is 11.1. The van der Waals surface area contributed by atoms with Gasteiger partial charge in [0.25, 0.3) is 0 Å². The first-order valence-electron chi connectivity index (χ1n) is 5.43. The lowest BCUT2D eigenvalue weighted by Crippen LogP contribution is -2.76. The molecule has 4 heteroatoms. The minimum absolute atomic E-state index is 0.160. The van der Waals surface area contributed by atoms with Crippen LogP contribution in [0, 0.1) is 0 Å². The summed E-state index contributed by atoms with van der Waals surface area (Å²) in [4.78, 5) is 11.1. The van der Waals surface area contributed by atoms with E-state index < -0.39 is 0 Å². The summed E-state index contributed by atoms with van der Waals surface area (Å²) in [5, 5.41) is 11.5. The van der Waals surface area contributed by atoms with Crippen LogP contribution in [0.1, 0.15) is 24.3 Å². The van der Waals surface area contributed by atoms with E-state index in [0.717, 1.165) is 18.7 Å². The number of phenolic OH excluding ortho intramolecular Hbond substituents is 1. The Morgan fingerprint density at radius 3 is 3.19 bits per heavy atom. The highest BCUT2D eigenvalue weighted by Gasteiger charge is 2.27. The van der Waals surface area contributed by atoms with E-state index >= 15 is 0 Å². The number of benzene rings is 1. The number of phenols is 1. The lowest BCUT2D eigenvalue weighted by molar-refractivity contribution is -0.564. The zero-order valence-electron chi connectivity index (χ0n) is 9.27. The van der Waals surface area contributed by atoms with Crippen molar-refractivity contribution in [1.82, 2.24) is 0 Å². The van der Waals surface area contributed by atoms with Gasteiger partial charge in [-0.15, -0.1) is 0 Å². The number of nitrogens with two attached hydrogens (primary N) is 1. The van der Waals surface area contributed by atoms with Crippen LogP contribution in [-0.4, -0.2) is 24.7 Å². The molecule has 0 saturated heterocycles. The maximum Gasteiger partial charge on any atom is 0.305 e. The van der Waals surface area contributed by atoms with Crippen LogP contribution in [0.4, 0.5) is 5.69 Å². The zero-order chi connectivity index (χ0) is 11.5. The van der Waals surface area contributed by atoms with E-state index in [1.807, 2.05) is 6.07 Å². The van der Waals surface area contributed by atoms with Gasteiger partial charge in [0.15, 0.2) is 0 Å². The second-order valence-corrected chi connectivity index (χ2v) is 4.06. The largest absolute Gasteiger partial charge is 0.508 e. The molecule has 0 spiro atoms. The van der Waals surface area contributed by atoms with Gasteiger partial charge in [-0.05, 0) is 18.6 Å². The van der Waals surface area contributed by atoms with Gasteiger partial charge in [0.2, 0.25) is 0 Å². The molecule has 0 aliphatic carbocycles. The van der Waals surface area contributed by atoms with Gasteiger partial charge in [-0.3, -0.25) is 4.79 Å². The summed E-state index contributed by atoms with van der Waals surface area (Å²) < 4.78 is 4.63. The first-order chi connectivity index (χ1) is 7.70. The van der Waals surface area contributed by atoms with E-state index in [0.29, 0.717) is 18.1 Å². The molecule has 0 saturated carbocycles. The highest BCUT2D eigenvalue weighted by atomic mass is 16.5. The number of fused-ring (bicyclic) bond motifs is 1. The average Bonchev–Trinajstić information content (AvgIpc) is 2.68. The number of esters is 1. The number of rotatable bonds is 3. The SMILES string of the molecule is COC(=O)CCC1C[NH2+]c2cc(O)ccc21. The highest BCUT2D eigenvalue weighted by molar-refractivity contribution is 5.69. The summed E-state index contributed by atoms with van der Waals surface area (Å²) in [6.07, 6.45) is 1.26. The molecule has 2 rings (SSSR count). The van der Waals surface area contributed by atoms with Crippen LogP contribution < -0.4 is 5.32 Å². The van der Waals surface area contributed by atoms with E-state index in [1.54, 1.807) is 12.1 Å². The van der Waals surface area contributed by atoms with E-state index in [2.05, 4.69) is 10.1 Å². The standard InChI is InChI=1S/C12H15NO3/c1-16-12(15)5-2-8-7-13-11-6-9(14)3-4-10(8)11/h3-4,6,8,13-14H,2,5,7H2,1H3/p+1. The Bertz CT molecular complexity index is 403. The molecule has 1 atom stereocenters. The highest BCUT2D eigenvalue weighted by Crippen LogP contribution is 2.31. The van der Waals surface area contributed by atoms with E-state index in [-0.39, 0.29) is 5.97 Å². The number of hydrogen-bond donors (Lipinski definition) is 2. The van der Waals surface area contributed by atoms with Crippen molar-refractivity contribution in [3.8, 4) is 5.75 Å². The smallest absolute Gasteiger partial charge is 0.305 e. The van der Waals surface area contributed by atoms with Gasteiger partial charge in [-0.2, -0.15) is 0 Å². The van der Waals surface area contributed by atoms with Crippen molar-refractivity contribution in [2.45, 2.75) is 18.8 Å². The van der Waals surface area contributed by atoms with Crippen molar-refractivity contribution in [2.24, 2.45) is 0 Å². The molecule has 0 aromatic heterocycles. The Labute approximate surface area is 94.2 Å². The number of quaternary nitrogens is 1. The average molecular weight is 222 g/mol. The molecule has 0 bridgehead atoms. The molecule has 0 fully saturated rings. The second kappa shape index (κ2) is 4.53. The van der Waals surface area contributed by atoms with Crippen molar-refractivity contribution < 1.29 is 20.0 Å². The molecule has 4 nitrogen and oxygen atoms in total. The van der Waals surface area contributed by atoms with Crippen molar-refractivity contribution in [3.05, 3.63) is 23.8 Å². The van der Waals surface area contributed by atoms with Gasteiger partial charge in [0.1, 0.15) is 11.4 Å². The van der Waals surface area contributed by atoms with Gasteiger partial charge in [0.05, 0.1) is 13.7 Å². The van der Waals surface area contributed by atoms with E-state index in [1.165, 1.54) is 12.7 Å². The molecule has 1 aromatic rings. The van der Waals surface area contributed by atoms with E-state index in [9.17, 15) is 9.90 Å². The van der Waals surface area contributed by atoms with Gasteiger partial charge in [-0.25, -0.2) is 0 Å². The fourth-order valence-corrected chi connectivity index (χ4v) is 2.17. The Balaban J connectivity index is 2.03. The minimum Gasteiger partial charge on any atom is -0.508 e. The van der Waals surface area contributed by atoms with Crippen LogP contribution in [0.5, 0.6) is 5.75 Å². The van der Waals surface area contributed by atoms with Gasteiger partial charge >= 0.3 is 5.97 Å². The summed E-state index contributed by atoms with van der Waals surface area (Å²) >= 11 is 0. The molecule has 1 aromatic carbocycles. The van der Waals surface area contributed by atoms with Crippen LogP contribution in [0.3, 0.4) is 0 Å². The number of hydrogen-bond acceptors (Lipinski definition) is 3. The maximum absolute atomic E-state index is 11.1. The molecule has 16 heavy (non-hydrogen) atoms. The van der Waals surface area contributed by atoms with Crippen molar-refractivity contribution in [3.63, 3.8) is 0 Å². The minimum atomic E-state index is -0.160. The lowest BCUT2D eigenvalue weighted by Gasteiger charge is -2.06. The topological polar surface area (TPSA) is 63.1 Å². The Morgan fingerprint density at radius 1 is 1.62 bits per heavy atom. The molecule has 1 aliphatic rings. The molecule has 1 aliphatic heterocycles. The van der Waals surface area contributed by atoms with Crippen LogP contribution in [0.2, 0.25) is 0 Å². The fraction of sp³-hybridized carbons (Fsp3) is 0.417. The molecule has 1 unspecified atom stereocenters. The molecule has 3 N–H and O–H groups in total. The van der Waals surface area contributed by atoms with Crippen molar-refractivity contribution in [1.29, 1.82) is 0 Å². The summed E-state index contributed by atoms with van der Waals surface area (Å²) in [7, 11) is 1.41. The number of methoxy groups -OCH3 is 1. The van der Waals surface area contributed by atoms with Crippen LogP contribution >= 0.6 is 0 Å². The van der Waals surface area contributed by atoms with Crippen LogP contribution in [-0.2, 0) is 9.53 Å². The fourth-order valence-electron chi connectivity index (χ4n) is 2.17. The number of ether oxygens (including phenoxy) is 1. The first-order valence-corrected chi connectivity index (χ1v) is 5.43. The summed E-state index contributed by atoms with van der Waals surface area (Å²) in [5.41, 5.74) is 2.32. The van der Waals surface area contributed by atoms with Crippen LogP contribution in [0.15, 0.2) is 18.2 Å². The molecular formula is C12H16NO3+. The molecular weight excluding hydrogens is 206 g/mol. The lowest BCUT2D eigenvalue weighted by atomic mass is 9.96. The molecule has 0 radical (unpaired) electrons. The third-order valence-electron chi connectivity index (χ3n) is 3.06. The van der Waals surface area contributed by atoms with Gasteiger partial charge in [0, 0.05) is 24.0 Å². The zero-order valence-corrected chi connectivity index (χ0v) is 9.27. The predicted octanol–water partition coefficient (Wildman–Crippen LogP) is 0.638. The number of carbonyl (C=O) groups is 1. The monoisotopic (exact) mass is 222 g/mol. The van der Waals surface area contributed by atoms with Crippen molar-refractivity contribution in [2.75, 3.05) is 13.7 Å². The Hall–Kier alpha value is -1.55. The number of carbonyl (C=O) groups excluding carboxylic acids is 1. The molecule has 86 valence electrons. The normalized spacial score (nSPS) is 18.2. The molecule has 1 heterocycles. The Morgan fingerprint density at radius 2 is 2.44 bits per heavy atom. The molecule has 0 amide bonds. The third kappa shape index (κ3) is 2.17. The Kier molecular flexibility index (Phi) is 3.10. The summed E-state index contributed by atoms with van der Waals surface area (Å²) in [6, 6.07) is 5.41.